The van der Waals surface area contributed by atoms with Gasteiger partial charge in [0.2, 0.25) is 0 Å². The topological polar surface area (TPSA) is 23.8 Å². The molecular formula is C9H3ClINS. The van der Waals surface area contributed by atoms with Gasteiger partial charge in [-0.05, 0) is 40.8 Å². The summed E-state index contributed by atoms with van der Waals surface area (Å²) in [6, 6.07) is 7.77. The molecule has 0 saturated carbocycles. The summed E-state index contributed by atoms with van der Waals surface area (Å²) in [5, 5.41) is 10.3. The molecule has 0 amide bonds. The lowest BCUT2D eigenvalue weighted by atomic mass is 10.2. The molecule has 0 bridgehead atoms. The highest BCUT2D eigenvalue weighted by Gasteiger charge is 2.07. The summed E-state index contributed by atoms with van der Waals surface area (Å²) in [5.74, 6) is 0. The van der Waals surface area contributed by atoms with Gasteiger partial charge in [0.15, 0.2) is 0 Å². The average molecular weight is 320 g/mol. The fraction of sp³-hybridized carbons (Fsp3) is 0. The first-order valence-corrected chi connectivity index (χ1v) is 5.77. The van der Waals surface area contributed by atoms with Crippen LogP contribution in [0.3, 0.4) is 0 Å². The van der Waals surface area contributed by atoms with Crippen LogP contribution in [-0.2, 0) is 0 Å². The zero-order chi connectivity index (χ0) is 9.42. The number of halogens is 2. The second-order valence-electron chi connectivity index (χ2n) is 2.50. The summed E-state index contributed by atoms with van der Waals surface area (Å²) in [4.78, 5) is 0. The maximum atomic E-state index is 8.75. The van der Waals surface area contributed by atoms with Gasteiger partial charge in [0.05, 0.1) is 13.5 Å². The van der Waals surface area contributed by atoms with Crippen LogP contribution in [0.1, 0.15) is 5.56 Å². The molecule has 2 aromatic rings. The molecular weight excluding hydrogens is 317 g/mol. The fourth-order valence-corrected chi connectivity index (χ4v) is 3.27. The van der Waals surface area contributed by atoms with Crippen LogP contribution in [0.4, 0.5) is 0 Å². The molecule has 0 atom stereocenters. The number of hydrogen-bond acceptors (Lipinski definition) is 2. The van der Waals surface area contributed by atoms with Crippen molar-refractivity contribution in [2.45, 2.75) is 0 Å². The molecule has 0 aliphatic heterocycles. The second kappa shape index (κ2) is 3.45. The Labute approximate surface area is 98.1 Å². The van der Waals surface area contributed by atoms with Gasteiger partial charge in [-0.2, -0.15) is 5.26 Å². The van der Waals surface area contributed by atoms with E-state index < -0.39 is 0 Å². The van der Waals surface area contributed by atoms with Crippen molar-refractivity contribution in [3.05, 3.63) is 31.7 Å². The number of rotatable bonds is 0. The van der Waals surface area contributed by atoms with E-state index in [2.05, 4.69) is 28.7 Å². The van der Waals surface area contributed by atoms with E-state index in [9.17, 15) is 0 Å². The lowest BCUT2D eigenvalue weighted by Gasteiger charge is -1.94. The van der Waals surface area contributed by atoms with Gasteiger partial charge in [-0.15, -0.1) is 11.3 Å². The van der Waals surface area contributed by atoms with Gasteiger partial charge in [0, 0.05) is 10.1 Å². The minimum atomic E-state index is 0.545. The molecule has 0 unspecified atom stereocenters. The van der Waals surface area contributed by atoms with Crippen molar-refractivity contribution in [1.29, 1.82) is 5.26 Å². The van der Waals surface area contributed by atoms with E-state index >= 15 is 0 Å². The fourth-order valence-electron chi connectivity index (χ4n) is 1.13. The van der Waals surface area contributed by atoms with E-state index in [0.29, 0.717) is 10.6 Å². The van der Waals surface area contributed by atoms with Gasteiger partial charge in [0.1, 0.15) is 6.07 Å². The predicted octanol–water partition coefficient (Wildman–Crippen LogP) is 4.03. The second-order valence-corrected chi connectivity index (χ2v) is 5.86. The lowest BCUT2D eigenvalue weighted by molar-refractivity contribution is 1.50. The highest BCUT2D eigenvalue weighted by molar-refractivity contribution is 14.1. The number of nitriles is 1. The van der Waals surface area contributed by atoms with Crippen molar-refractivity contribution < 1.29 is 0 Å². The largest absolute Gasteiger partial charge is 0.192 e. The maximum Gasteiger partial charge on any atom is 0.101 e. The summed E-state index contributed by atoms with van der Waals surface area (Å²) in [6.07, 6.45) is 0. The Bertz CT molecular complexity index is 512. The molecule has 13 heavy (non-hydrogen) atoms. The van der Waals surface area contributed by atoms with Gasteiger partial charge in [0.25, 0.3) is 0 Å². The van der Waals surface area contributed by atoms with Crippen LogP contribution < -0.4 is 0 Å². The average Bonchev–Trinajstić information content (AvgIpc) is 2.47. The van der Waals surface area contributed by atoms with E-state index in [-0.39, 0.29) is 0 Å². The summed E-state index contributed by atoms with van der Waals surface area (Å²) < 4.78 is 2.32. The van der Waals surface area contributed by atoms with Crippen LogP contribution in [0.25, 0.3) is 10.1 Å². The molecule has 0 saturated heterocycles. The van der Waals surface area contributed by atoms with Gasteiger partial charge in [-0.3, -0.25) is 0 Å². The van der Waals surface area contributed by atoms with Gasteiger partial charge < -0.3 is 0 Å². The van der Waals surface area contributed by atoms with E-state index in [1.807, 2.05) is 12.1 Å². The Kier molecular flexibility index (Phi) is 2.45. The third-order valence-corrected chi connectivity index (χ3v) is 3.99. The number of hydrogen-bond donors (Lipinski definition) is 0. The molecule has 0 radical (unpaired) electrons. The maximum absolute atomic E-state index is 8.75. The highest BCUT2D eigenvalue weighted by atomic mass is 127. The minimum Gasteiger partial charge on any atom is -0.192 e. The summed E-state index contributed by atoms with van der Waals surface area (Å²) in [7, 11) is 0. The third kappa shape index (κ3) is 1.54. The smallest absolute Gasteiger partial charge is 0.101 e. The first kappa shape index (κ1) is 9.25. The number of nitrogens with zero attached hydrogens (tertiary/aromatic N) is 1. The third-order valence-electron chi connectivity index (χ3n) is 1.73. The van der Waals surface area contributed by atoms with Crippen molar-refractivity contribution in [2.75, 3.05) is 0 Å². The van der Waals surface area contributed by atoms with Crippen molar-refractivity contribution in [3.8, 4) is 6.07 Å². The van der Waals surface area contributed by atoms with Crippen LogP contribution in [0.2, 0.25) is 5.02 Å². The number of fused-ring (bicyclic) bond motifs is 1. The molecule has 0 fully saturated rings. The molecule has 0 aliphatic rings. The molecule has 2 rings (SSSR count). The molecule has 1 aromatic heterocycles. The zero-order valence-electron chi connectivity index (χ0n) is 6.34. The first-order chi connectivity index (χ1) is 6.22. The molecule has 1 nitrogen and oxygen atoms in total. The molecule has 1 aromatic carbocycles. The van der Waals surface area contributed by atoms with Gasteiger partial charge >= 0.3 is 0 Å². The Morgan fingerprint density at radius 3 is 2.92 bits per heavy atom. The van der Waals surface area contributed by atoms with Gasteiger partial charge in [-0.25, -0.2) is 0 Å². The van der Waals surface area contributed by atoms with Crippen LogP contribution in [0.15, 0.2) is 18.2 Å². The monoisotopic (exact) mass is 319 g/mol. The van der Waals surface area contributed by atoms with Crippen LogP contribution in [0, 0.1) is 14.2 Å². The van der Waals surface area contributed by atoms with Crippen LogP contribution in [-0.4, -0.2) is 0 Å². The molecule has 0 N–H and O–H groups in total. The molecule has 64 valence electrons. The Hall–Kier alpha value is -0.310. The van der Waals surface area contributed by atoms with Crippen molar-refractivity contribution >= 4 is 55.6 Å². The molecule has 0 aliphatic carbocycles. The standard InChI is InChI=1S/C9H3ClINS/c10-9-5(4-12)1-2-7-6(9)3-8(11)13-7/h1-3H. The number of benzene rings is 1. The summed E-state index contributed by atoms with van der Waals surface area (Å²) in [5.41, 5.74) is 0.545. The van der Waals surface area contributed by atoms with Crippen LogP contribution in [0.5, 0.6) is 0 Å². The Balaban J connectivity index is 2.87. The molecule has 4 heteroatoms. The van der Waals surface area contributed by atoms with E-state index in [4.69, 9.17) is 16.9 Å². The highest BCUT2D eigenvalue weighted by Crippen LogP contribution is 2.33. The zero-order valence-corrected chi connectivity index (χ0v) is 10.1. The normalized spacial score (nSPS) is 10.2. The molecule has 1 heterocycles. The van der Waals surface area contributed by atoms with Crippen molar-refractivity contribution in [1.82, 2.24) is 0 Å². The SMILES string of the molecule is N#Cc1ccc2sc(I)cc2c1Cl. The van der Waals surface area contributed by atoms with E-state index in [1.165, 1.54) is 2.88 Å². The summed E-state index contributed by atoms with van der Waals surface area (Å²) in [6.45, 7) is 0. The van der Waals surface area contributed by atoms with E-state index in [1.54, 1.807) is 17.4 Å². The summed E-state index contributed by atoms with van der Waals surface area (Å²) >= 11 is 9.96. The molecule has 0 spiro atoms. The number of thiophene rings is 1. The van der Waals surface area contributed by atoms with Crippen molar-refractivity contribution in [3.63, 3.8) is 0 Å². The lowest BCUT2D eigenvalue weighted by Crippen LogP contribution is -1.75. The predicted molar refractivity (Wildman–Crippen MR) is 64.3 cm³/mol. The Morgan fingerprint density at radius 1 is 1.46 bits per heavy atom. The first-order valence-electron chi connectivity index (χ1n) is 3.50. The van der Waals surface area contributed by atoms with Gasteiger partial charge in [-0.1, -0.05) is 11.6 Å². The van der Waals surface area contributed by atoms with Crippen LogP contribution >= 0.6 is 45.5 Å². The Morgan fingerprint density at radius 2 is 2.23 bits per heavy atom. The minimum absolute atomic E-state index is 0.545. The van der Waals surface area contributed by atoms with E-state index in [0.717, 1.165) is 10.1 Å². The van der Waals surface area contributed by atoms with Crippen molar-refractivity contribution in [2.24, 2.45) is 0 Å². The quantitative estimate of drug-likeness (QED) is 0.673.